The van der Waals surface area contributed by atoms with Crippen LogP contribution in [-0.2, 0) is 9.59 Å². The number of β-amino-alcohol motifs (C(OH)–C–C–N with tert-alkyl or cyclic N) is 1. The van der Waals surface area contributed by atoms with Gasteiger partial charge in [-0.15, -0.1) is 0 Å². The number of amides is 2. The Hall–Kier alpha value is -1.76. The molecule has 1 atom stereocenters. The van der Waals surface area contributed by atoms with E-state index < -0.39 is 0 Å². The van der Waals surface area contributed by atoms with E-state index in [1.807, 2.05) is 31.2 Å². The van der Waals surface area contributed by atoms with Crippen LogP contribution in [0, 0.1) is 6.92 Å². The highest BCUT2D eigenvalue weighted by molar-refractivity contribution is 6.22. The molecule has 6 heteroatoms. The standard InChI is InChI=1S/C17H23N3O3/c1-13-4-2-3-5-14(13)20-16(22)12-15(17(20)23)19-8-6-18(7-9-19)10-11-21/h2-5,15,21H,6-12H2,1H3/t15-/m1/s1. The van der Waals surface area contributed by atoms with E-state index in [0.29, 0.717) is 12.2 Å². The van der Waals surface area contributed by atoms with Crippen LogP contribution in [0.3, 0.4) is 0 Å². The maximum atomic E-state index is 12.8. The van der Waals surface area contributed by atoms with Gasteiger partial charge in [-0.1, -0.05) is 18.2 Å². The summed E-state index contributed by atoms with van der Waals surface area (Å²) >= 11 is 0. The van der Waals surface area contributed by atoms with E-state index in [1.165, 1.54) is 4.90 Å². The van der Waals surface area contributed by atoms with Gasteiger partial charge in [-0.25, -0.2) is 4.90 Å². The number of rotatable bonds is 4. The number of nitrogens with zero attached hydrogens (tertiary/aromatic N) is 3. The number of aliphatic hydroxyl groups excluding tert-OH is 1. The highest BCUT2D eigenvalue weighted by Gasteiger charge is 2.43. The summed E-state index contributed by atoms with van der Waals surface area (Å²) in [6.07, 6.45) is 0.257. The van der Waals surface area contributed by atoms with Gasteiger partial charge in [0.2, 0.25) is 5.91 Å². The molecule has 0 spiro atoms. The summed E-state index contributed by atoms with van der Waals surface area (Å²) < 4.78 is 0. The molecule has 124 valence electrons. The lowest BCUT2D eigenvalue weighted by Gasteiger charge is -2.36. The van der Waals surface area contributed by atoms with Crippen molar-refractivity contribution in [1.82, 2.24) is 9.80 Å². The first-order valence-corrected chi connectivity index (χ1v) is 8.11. The fourth-order valence-corrected chi connectivity index (χ4v) is 3.41. The summed E-state index contributed by atoms with van der Waals surface area (Å²) in [4.78, 5) is 30.8. The third-order valence-corrected chi connectivity index (χ3v) is 4.74. The van der Waals surface area contributed by atoms with Gasteiger partial charge in [0.05, 0.1) is 24.8 Å². The minimum Gasteiger partial charge on any atom is -0.395 e. The molecule has 6 nitrogen and oxygen atoms in total. The SMILES string of the molecule is Cc1ccccc1N1C(=O)C[C@@H](N2CCN(CCO)CC2)C1=O. The third-order valence-electron chi connectivity index (χ3n) is 4.74. The third kappa shape index (κ3) is 3.15. The molecular weight excluding hydrogens is 294 g/mol. The molecular formula is C17H23N3O3. The van der Waals surface area contributed by atoms with Gasteiger partial charge in [0.25, 0.3) is 5.91 Å². The van der Waals surface area contributed by atoms with Crippen LogP contribution in [-0.4, -0.2) is 72.1 Å². The van der Waals surface area contributed by atoms with E-state index in [0.717, 1.165) is 31.7 Å². The average molecular weight is 317 g/mol. The Labute approximate surface area is 136 Å². The molecule has 2 heterocycles. The molecule has 2 saturated heterocycles. The molecule has 2 aliphatic rings. The molecule has 0 radical (unpaired) electrons. The van der Waals surface area contributed by atoms with Crippen molar-refractivity contribution in [3.8, 4) is 0 Å². The number of carbonyl (C=O) groups is 2. The summed E-state index contributed by atoms with van der Waals surface area (Å²) in [5.41, 5.74) is 1.63. The molecule has 0 aromatic heterocycles. The Morgan fingerprint density at radius 1 is 1.13 bits per heavy atom. The molecule has 23 heavy (non-hydrogen) atoms. The molecule has 1 N–H and O–H groups in total. The zero-order valence-electron chi connectivity index (χ0n) is 13.4. The highest BCUT2D eigenvalue weighted by Crippen LogP contribution is 2.28. The predicted molar refractivity (Wildman–Crippen MR) is 87.2 cm³/mol. The molecule has 0 unspecified atom stereocenters. The number of para-hydroxylation sites is 1. The van der Waals surface area contributed by atoms with Gasteiger partial charge in [-0.2, -0.15) is 0 Å². The van der Waals surface area contributed by atoms with Crippen molar-refractivity contribution in [3.63, 3.8) is 0 Å². The second kappa shape index (κ2) is 6.78. The first-order valence-electron chi connectivity index (χ1n) is 8.11. The minimum absolute atomic E-state index is 0.111. The molecule has 3 rings (SSSR count). The quantitative estimate of drug-likeness (QED) is 0.806. The van der Waals surface area contributed by atoms with Crippen molar-refractivity contribution in [2.45, 2.75) is 19.4 Å². The number of piperazine rings is 1. The molecule has 2 amide bonds. The first-order chi connectivity index (χ1) is 11.1. The summed E-state index contributed by atoms with van der Waals surface area (Å²) in [6.45, 7) is 5.89. The maximum Gasteiger partial charge on any atom is 0.251 e. The number of carbonyl (C=O) groups excluding carboxylic acids is 2. The van der Waals surface area contributed by atoms with Gasteiger partial charge in [0, 0.05) is 32.7 Å². The second-order valence-corrected chi connectivity index (χ2v) is 6.18. The summed E-state index contributed by atoms with van der Waals surface area (Å²) in [7, 11) is 0. The van der Waals surface area contributed by atoms with Crippen molar-refractivity contribution >= 4 is 17.5 Å². The van der Waals surface area contributed by atoms with Crippen LogP contribution >= 0.6 is 0 Å². The predicted octanol–water partition coefficient (Wildman–Crippen LogP) is 0.237. The smallest absolute Gasteiger partial charge is 0.251 e. The number of imide groups is 1. The fourth-order valence-electron chi connectivity index (χ4n) is 3.41. The van der Waals surface area contributed by atoms with E-state index in [4.69, 9.17) is 5.11 Å². The number of hydrogen-bond donors (Lipinski definition) is 1. The minimum atomic E-state index is -0.349. The largest absolute Gasteiger partial charge is 0.395 e. The Morgan fingerprint density at radius 3 is 2.48 bits per heavy atom. The van der Waals surface area contributed by atoms with Gasteiger partial charge in [0.1, 0.15) is 0 Å². The monoisotopic (exact) mass is 317 g/mol. The number of hydrogen-bond acceptors (Lipinski definition) is 5. The van der Waals surface area contributed by atoms with Crippen LogP contribution in [0.15, 0.2) is 24.3 Å². The second-order valence-electron chi connectivity index (χ2n) is 6.18. The Morgan fingerprint density at radius 2 is 1.83 bits per heavy atom. The summed E-state index contributed by atoms with van der Waals surface area (Å²) in [6, 6.07) is 7.15. The Balaban J connectivity index is 1.71. The van der Waals surface area contributed by atoms with Crippen molar-refractivity contribution < 1.29 is 14.7 Å². The highest BCUT2D eigenvalue weighted by atomic mass is 16.3. The molecule has 0 saturated carbocycles. The lowest BCUT2D eigenvalue weighted by atomic mass is 10.1. The van der Waals surface area contributed by atoms with E-state index in [-0.39, 0.29) is 30.9 Å². The topological polar surface area (TPSA) is 64.1 Å². The van der Waals surface area contributed by atoms with Crippen LogP contribution in [0.4, 0.5) is 5.69 Å². The van der Waals surface area contributed by atoms with E-state index in [1.54, 1.807) is 0 Å². The Bertz CT molecular complexity index is 597. The summed E-state index contributed by atoms with van der Waals surface area (Å²) in [5, 5.41) is 9.00. The lowest BCUT2D eigenvalue weighted by molar-refractivity contribution is -0.123. The lowest BCUT2D eigenvalue weighted by Crippen LogP contribution is -2.53. The van der Waals surface area contributed by atoms with E-state index in [2.05, 4.69) is 9.80 Å². The fraction of sp³-hybridized carbons (Fsp3) is 0.529. The molecule has 0 bridgehead atoms. The van der Waals surface area contributed by atoms with Crippen LogP contribution in [0.1, 0.15) is 12.0 Å². The van der Waals surface area contributed by atoms with Crippen LogP contribution < -0.4 is 4.90 Å². The van der Waals surface area contributed by atoms with Crippen molar-refractivity contribution in [2.24, 2.45) is 0 Å². The van der Waals surface area contributed by atoms with Crippen LogP contribution in [0.2, 0.25) is 0 Å². The number of anilines is 1. The number of aliphatic hydroxyl groups is 1. The van der Waals surface area contributed by atoms with E-state index >= 15 is 0 Å². The van der Waals surface area contributed by atoms with Gasteiger partial charge in [0.15, 0.2) is 0 Å². The number of aryl methyl sites for hydroxylation is 1. The van der Waals surface area contributed by atoms with E-state index in [9.17, 15) is 9.59 Å². The van der Waals surface area contributed by atoms with Gasteiger partial charge in [-0.3, -0.25) is 19.4 Å². The normalized spacial score (nSPS) is 23.7. The maximum absolute atomic E-state index is 12.8. The number of benzene rings is 1. The van der Waals surface area contributed by atoms with Gasteiger partial charge < -0.3 is 5.11 Å². The molecule has 1 aromatic rings. The average Bonchev–Trinajstić information content (AvgIpc) is 2.84. The van der Waals surface area contributed by atoms with Crippen molar-refractivity contribution in [2.75, 3.05) is 44.2 Å². The summed E-state index contributed by atoms with van der Waals surface area (Å²) in [5.74, 6) is -0.230. The first kappa shape index (κ1) is 16.1. The Kier molecular flexibility index (Phi) is 4.75. The van der Waals surface area contributed by atoms with Crippen molar-refractivity contribution in [1.29, 1.82) is 0 Å². The molecule has 0 aliphatic carbocycles. The van der Waals surface area contributed by atoms with Crippen LogP contribution in [0.25, 0.3) is 0 Å². The molecule has 2 aliphatic heterocycles. The zero-order chi connectivity index (χ0) is 16.4. The molecule has 2 fully saturated rings. The van der Waals surface area contributed by atoms with Crippen LogP contribution in [0.5, 0.6) is 0 Å². The van der Waals surface area contributed by atoms with Gasteiger partial charge >= 0.3 is 0 Å². The van der Waals surface area contributed by atoms with Crippen molar-refractivity contribution in [3.05, 3.63) is 29.8 Å². The molecule has 1 aromatic carbocycles. The van der Waals surface area contributed by atoms with Gasteiger partial charge in [-0.05, 0) is 18.6 Å². The zero-order valence-corrected chi connectivity index (χ0v) is 13.4.